The Bertz CT molecular complexity index is 353. The van der Waals surface area contributed by atoms with Gasteiger partial charge in [-0.1, -0.05) is 51.4 Å². The predicted molar refractivity (Wildman–Crippen MR) is 82.0 cm³/mol. The lowest BCUT2D eigenvalue weighted by molar-refractivity contribution is -0.140. The van der Waals surface area contributed by atoms with Gasteiger partial charge in [-0.15, -0.1) is 0 Å². The van der Waals surface area contributed by atoms with E-state index in [-0.39, 0.29) is 18.2 Å². The van der Waals surface area contributed by atoms with Crippen molar-refractivity contribution < 1.29 is 14.7 Å². The minimum atomic E-state index is -0.796. The van der Waals surface area contributed by atoms with Crippen LogP contribution < -0.4 is 5.32 Å². The number of carboxylic acids is 1. The first-order valence-electron chi connectivity index (χ1n) is 8.65. The molecule has 0 aromatic carbocycles. The Balaban J connectivity index is 1.97. The molecule has 0 heterocycles. The minimum Gasteiger partial charge on any atom is -0.481 e. The van der Waals surface area contributed by atoms with Gasteiger partial charge in [-0.3, -0.25) is 9.59 Å². The highest BCUT2D eigenvalue weighted by Crippen LogP contribution is 2.32. The highest BCUT2D eigenvalue weighted by atomic mass is 16.4. The molecule has 21 heavy (non-hydrogen) atoms. The van der Waals surface area contributed by atoms with Crippen molar-refractivity contribution in [3.63, 3.8) is 0 Å². The number of carbonyl (C=O) groups excluding carboxylic acids is 1. The summed E-state index contributed by atoms with van der Waals surface area (Å²) in [6.45, 7) is 0. The fourth-order valence-electron chi connectivity index (χ4n) is 3.95. The molecule has 0 saturated heterocycles. The second-order valence-electron chi connectivity index (χ2n) is 6.94. The van der Waals surface area contributed by atoms with Crippen LogP contribution in [0, 0.1) is 5.92 Å². The molecule has 2 aliphatic carbocycles. The summed E-state index contributed by atoms with van der Waals surface area (Å²) in [5.74, 6) is -0.590. The third kappa shape index (κ3) is 5.01. The summed E-state index contributed by atoms with van der Waals surface area (Å²) in [6.07, 6.45) is 12.8. The van der Waals surface area contributed by atoms with Gasteiger partial charge in [0.15, 0.2) is 0 Å². The minimum absolute atomic E-state index is 0.0749. The number of amides is 1. The smallest absolute Gasteiger partial charge is 0.305 e. The highest BCUT2D eigenvalue weighted by Gasteiger charge is 2.37. The van der Waals surface area contributed by atoms with Crippen molar-refractivity contribution in [2.75, 3.05) is 0 Å². The molecule has 0 spiro atoms. The Kier molecular flexibility index (Phi) is 6.07. The SMILES string of the molecule is O=C(O)CC1(NC(=O)C2CCCCCCC2)CCCCC1. The molecule has 2 fully saturated rings. The van der Waals surface area contributed by atoms with E-state index in [4.69, 9.17) is 0 Å². The molecule has 0 unspecified atom stereocenters. The van der Waals surface area contributed by atoms with Gasteiger partial charge in [0.2, 0.25) is 5.91 Å². The average Bonchev–Trinajstić information content (AvgIpc) is 2.37. The van der Waals surface area contributed by atoms with Crippen LogP contribution >= 0.6 is 0 Å². The Hall–Kier alpha value is -1.06. The Labute approximate surface area is 127 Å². The second kappa shape index (κ2) is 7.81. The van der Waals surface area contributed by atoms with E-state index in [9.17, 15) is 14.7 Å². The highest BCUT2D eigenvalue weighted by molar-refractivity contribution is 5.80. The second-order valence-corrected chi connectivity index (χ2v) is 6.94. The number of rotatable bonds is 4. The van der Waals surface area contributed by atoms with Gasteiger partial charge < -0.3 is 10.4 Å². The molecule has 4 nitrogen and oxygen atoms in total. The van der Waals surface area contributed by atoms with Crippen molar-refractivity contribution in [3.05, 3.63) is 0 Å². The topological polar surface area (TPSA) is 66.4 Å². The molecule has 2 rings (SSSR count). The van der Waals surface area contributed by atoms with Crippen molar-refractivity contribution >= 4 is 11.9 Å². The maximum Gasteiger partial charge on any atom is 0.305 e. The summed E-state index contributed by atoms with van der Waals surface area (Å²) >= 11 is 0. The maximum atomic E-state index is 12.6. The molecule has 0 aromatic rings. The lowest BCUT2D eigenvalue weighted by Crippen LogP contribution is -2.52. The van der Waals surface area contributed by atoms with E-state index >= 15 is 0 Å². The van der Waals surface area contributed by atoms with Crippen molar-refractivity contribution in [1.29, 1.82) is 0 Å². The number of hydrogen-bond donors (Lipinski definition) is 2. The summed E-state index contributed by atoms with van der Waals surface area (Å²) in [5, 5.41) is 12.3. The first-order valence-corrected chi connectivity index (χ1v) is 8.65. The zero-order valence-electron chi connectivity index (χ0n) is 13.0. The van der Waals surface area contributed by atoms with Crippen LogP contribution in [0.3, 0.4) is 0 Å². The van der Waals surface area contributed by atoms with Crippen LogP contribution in [0.4, 0.5) is 0 Å². The van der Waals surface area contributed by atoms with Gasteiger partial charge in [0.05, 0.1) is 12.0 Å². The van der Waals surface area contributed by atoms with Crippen LogP contribution in [0.25, 0.3) is 0 Å². The predicted octanol–water partition coefficient (Wildman–Crippen LogP) is 3.64. The van der Waals surface area contributed by atoms with Crippen LogP contribution in [0.15, 0.2) is 0 Å². The summed E-state index contributed by atoms with van der Waals surface area (Å²) in [6, 6.07) is 0. The van der Waals surface area contributed by atoms with E-state index in [0.717, 1.165) is 57.8 Å². The van der Waals surface area contributed by atoms with E-state index in [1.807, 2.05) is 0 Å². The van der Waals surface area contributed by atoms with Crippen molar-refractivity contribution in [3.8, 4) is 0 Å². The third-order valence-corrected chi connectivity index (χ3v) is 5.16. The fourth-order valence-corrected chi connectivity index (χ4v) is 3.95. The zero-order valence-corrected chi connectivity index (χ0v) is 13.0. The van der Waals surface area contributed by atoms with Crippen LogP contribution in [0.5, 0.6) is 0 Å². The molecule has 0 bridgehead atoms. The van der Waals surface area contributed by atoms with Crippen molar-refractivity contribution in [1.82, 2.24) is 5.32 Å². The molecule has 120 valence electrons. The number of carboxylic acid groups (broad SMARTS) is 1. The lowest BCUT2D eigenvalue weighted by atomic mass is 9.78. The Morgan fingerprint density at radius 1 is 0.905 bits per heavy atom. The first kappa shape index (κ1) is 16.3. The fraction of sp³-hybridized carbons (Fsp3) is 0.882. The van der Waals surface area contributed by atoms with Crippen LogP contribution in [-0.4, -0.2) is 22.5 Å². The summed E-state index contributed by atoms with van der Waals surface area (Å²) in [7, 11) is 0. The van der Waals surface area contributed by atoms with Gasteiger partial charge >= 0.3 is 5.97 Å². The van der Waals surface area contributed by atoms with E-state index in [0.29, 0.717) is 0 Å². The third-order valence-electron chi connectivity index (χ3n) is 5.16. The molecule has 0 radical (unpaired) electrons. The van der Waals surface area contributed by atoms with Crippen molar-refractivity contribution in [2.45, 2.75) is 89.0 Å². The van der Waals surface area contributed by atoms with E-state index in [2.05, 4.69) is 5.32 Å². The number of aliphatic carboxylic acids is 1. The summed E-state index contributed by atoms with van der Waals surface area (Å²) in [4.78, 5) is 23.8. The molecule has 0 aliphatic heterocycles. The van der Waals surface area contributed by atoms with Gasteiger partial charge in [0.1, 0.15) is 0 Å². The molecular weight excluding hydrogens is 266 g/mol. The molecular formula is C17H29NO3. The standard InChI is InChI=1S/C17H29NO3/c19-15(20)13-17(11-7-4-8-12-17)18-16(21)14-9-5-2-1-3-6-10-14/h14H,1-13H2,(H,18,21)(H,19,20). The number of nitrogens with one attached hydrogen (secondary N) is 1. The van der Waals surface area contributed by atoms with E-state index in [1.165, 1.54) is 19.3 Å². The maximum absolute atomic E-state index is 12.6. The molecule has 2 aliphatic rings. The Morgan fingerprint density at radius 3 is 2.00 bits per heavy atom. The van der Waals surface area contributed by atoms with E-state index < -0.39 is 11.5 Å². The van der Waals surface area contributed by atoms with Crippen LogP contribution in [0.2, 0.25) is 0 Å². The van der Waals surface area contributed by atoms with Crippen molar-refractivity contribution in [2.24, 2.45) is 5.92 Å². The summed E-state index contributed by atoms with van der Waals surface area (Å²) < 4.78 is 0. The summed E-state index contributed by atoms with van der Waals surface area (Å²) in [5.41, 5.74) is -0.483. The lowest BCUT2D eigenvalue weighted by Gasteiger charge is -2.38. The van der Waals surface area contributed by atoms with Gasteiger partial charge in [-0.2, -0.15) is 0 Å². The number of hydrogen-bond acceptors (Lipinski definition) is 2. The Morgan fingerprint density at radius 2 is 1.43 bits per heavy atom. The number of carbonyl (C=O) groups is 2. The molecule has 1 amide bonds. The van der Waals surface area contributed by atoms with Gasteiger partial charge in [0, 0.05) is 5.92 Å². The largest absolute Gasteiger partial charge is 0.481 e. The monoisotopic (exact) mass is 295 g/mol. The van der Waals surface area contributed by atoms with Gasteiger partial charge in [-0.25, -0.2) is 0 Å². The van der Waals surface area contributed by atoms with Crippen LogP contribution in [-0.2, 0) is 9.59 Å². The average molecular weight is 295 g/mol. The normalized spacial score (nSPS) is 23.8. The van der Waals surface area contributed by atoms with Gasteiger partial charge in [0.25, 0.3) is 0 Å². The first-order chi connectivity index (χ1) is 10.1. The quantitative estimate of drug-likeness (QED) is 0.832. The van der Waals surface area contributed by atoms with E-state index in [1.54, 1.807) is 0 Å². The van der Waals surface area contributed by atoms with Crippen LogP contribution in [0.1, 0.15) is 83.5 Å². The molecule has 4 heteroatoms. The molecule has 2 N–H and O–H groups in total. The molecule has 0 aromatic heterocycles. The molecule has 2 saturated carbocycles. The van der Waals surface area contributed by atoms with Gasteiger partial charge in [-0.05, 0) is 25.7 Å². The zero-order chi connectivity index (χ0) is 15.1. The molecule has 0 atom stereocenters.